The van der Waals surface area contributed by atoms with Crippen molar-refractivity contribution in [2.75, 3.05) is 7.11 Å². The van der Waals surface area contributed by atoms with Gasteiger partial charge in [0.05, 0.1) is 7.11 Å². The van der Waals surface area contributed by atoms with E-state index in [9.17, 15) is 14.4 Å². The molecule has 0 unspecified atom stereocenters. The molecule has 1 rings (SSSR count). The molecule has 122 valence electrons. The Kier molecular flexibility index (Phi) is 6.43. The number of rotatable bonds is 7. The molecule has 0 spiro atoms. The maximum Gasteiger partial charge on any atom is 0.373 e. The highest BCUT2D eigenvalue weighted by Gasteiger charge is 2.23. The van der Waals surface area contributed by atoms with Crippen molar-refractivity contribution in [1.29, 1.82) is 0 Å². The summed E-state index contributed by atoms with van der Waals surface area (Å²) in [7, 11) is 1.23. The number of hydrogen-bond acceptors (Lipinski definition) is 6. The van der Waals surface area contributed by atoms with Crippen LogP contribution in [0.5, 0.6) is 0 Å². The fourth-order valence-corrected chi connectivity index (χ4v) is 1.77. The third kappa shape index (κ3) is 5.47. The van der Waals surface area contributed by atoms with Crippen molar-refractivity contribution in [2.45, 2.75) is 32.9 Å². The summed E-state index contributed by atoms with van der Waals surface area (Å²) in [5.74, 6) is -0.772. The molecule has 0 aromatic carbocycles. The quantitative estimate of drug-likeness (QED) is 0.729. The maximum absolute atomic E-state index is 12.0. The molecule has 1 heterocycles. The van der Waals surface area contributed by atoms with E-state index >= 15 is 0 Å². The lowest BCUT2D eigenvalue weighted by atomic mass is 10.0. The van der Waals surface area contributed by atoms with E-state index in [1.807, 2.05) is 13.8 Å². The standard InChI is InChI=1S/C14H20N2O6/c1-8(2)6-10(16-14(15)19)12(17)21-7-9-4-5-11(22-9)13(18)20-3/h4-5,8,10H,6-7H2,1-3H3,(H3,15,16,19)/t10-/m0/s1. The molecule has 0 aliphatic heterocycles. The predicted octanol–water partition coefficient (Wildman–Crippen LogP) is 1.19. The summed E-state index contributed by atoms with van der Waals surface area (Å²) in [6.07, 6.45) is 0.396. The van der Waals surface area contributed by atoms with Gasteiger partial charge in [-0.25, -0.2) is 14.4 Å². The van der Waals surface area contributed by atoms with Crippen LogP contribution in [0, 0.1) is 5.92 Å². The Balaban J connectivity index is 2.60. The summed E-state index contributed by atoms with van der Waals surface area (Å²) >= 11 is 0. The number of urea groups is 1. The van der Waals surface area contributed by atoms with Gasteiger partial charge in [0, 0.05) is 0 Å². The molecule has 0 aliphatic carbocycles. The molecule has 0 aliphatic rings. The van der Waals surface area contributed by atoms with Gasteiger partial charge >= 0.3 is 18.0 Å². The molecule has 8 heteroatoms. The van der Waals surface area contributed by atoms with E-state index in [2.05, 4.69) is 10.1 Å². The Morgan fingerprint density at radius 3 is 2.55 bits per heavy atom. The minimum atomic E-state index is -0.826. The number of esters is 2. The van der Waals surface area contributed by atoms with Crippen molar-refractivity contribution in [3.8, 4) is 0 Å². The molecular formula is C14H20N2O6. The van der Waals surface area contributed by atoms with Gasteiger partial charge in [0.25, 0.3) is 0 Å². The van der Waals surface area contributed by atoms with Crippen molar-refractivity contribution in [3.05, 3.63) is 23.7 Å². The molecule has 0 radical (unpaired) electrons. The van der Waals surface area contributed by atoms with E-state index < -0.39 is 24.0 Å². The highest BCUT2D eigenvalue weighted by molar-refractivity contribution is 5.86. The average Bonchev–Trinajstić information content (AvgIpc) is 2.91. The number of nitrogens with one attached hydrogen (secondary N) is 1. The molecule has 1 atom stereocenters. The first-order valence-corrected chi connectivity index (χ1v) is 6.73. The highest BCUT2D eigenvalue weighted by Crippen LogP contribution is 2.12. The van der Waals surface area contributed by atoms with E-state index in [1.54, 1.807) is 0 Å². The Morgan fingerprint density at radius 2 is 2.00 bits per heavy atom. The lowest BCUT2D eigenvalue weighted by molar-refractivity contribution is -0.148. The van der Waals surface area contributed by atoms with Crippen LogP contribution in [0.3, 0.4) is 0 Å². The number of hydrogen-bond donors (Lipinski definition) is 2. The van der Waals surface area contributed by atoms with Crippen LogP contribution in [0.15, 0.2) is 16.5 Å². The first kappa shape index (κ1) is 17.5. The lowest BCUT2D eigenvalue weighted by Crippen LogP contribution is -2.45. The van der Waals surface area contributed by atoms with E-state index in [4.69, 9.17) is 14.9 Å². The van der Waals surface area contributed by atoms with Crippen LogP contribution in [0.1, 0.15) is 36.6 Å². The number of amides is 2. The maximum atomic E-state index is 12.0. The van der Waals surface area contributed by atoms with Crippen LogP contribution in [0.2, 0.25) is 0 Å². The fourth-order valence-electron chi connectivity index (χ4n) is 1.77. The van der Waals surface area contributed by atoms with Crippen LogP contribution < -0.4 is 11.1 Å². The van der Waals surface area contributed by atoms with E-state index in [0.717, 1.165) is 0 Å². The molecule has 0 saturated heterocycles. The molecule has 1 aromatic heterocycles. The van der Waals surface area contributed by atoms with Crippen molar-refractivity contribution < 1.29 is 28.3 Å². The van der Waals surface area contributed by atoms with Gasteiger partial charge in [-0.05, 0) is 24.5 Å². The number of primary amides is 1. The number of furan rings is 1. The molecule has 3 N–H and O–H groups in total. The minimum Gasteiger partial charge on any atom is -0.463 e. The second-order valence-electron chi connectivity index (χ2n) is 5.06. The van der Waals surface area contributed by atoms with Crippen molar-refractivity contribution in [1.82, 2.24) is 5.32 Å². The zero-order valence-electron chi connectivity index (χ0n) is 12.8. The van der Waals surface area contributed by atoms with Crippen LogP contribution in [0.4, 0.5) is 4.79 Å². The topological polar surface area (TPSA) is 121 Å². The molecule has 8 nitrogen and oxygen atoms in total. The number of carbonyl (C=O) groups excluding carboxylic acids is 3. The number of ether oxygens (including phenoxy) is 2. The van der Waals surface area contributed by atoms with Gasteiger partial charge in [-0.15, -0.1) is 0 Å². The first-order chi connectivity index (χ1) is 10.3. The second-order valence-corrected chi connectivity index (χ2v) is 5.06. The fraction of sp³-hybridized carbons (Fsp3) is 0.500. The van der Waals surface area contributed by atoms with Gasteiger partial charge in [0.15, 0.2) is 0 Å². The van der Waals surface area contributed by atoms with Gasteiger partial charge in [0.1, 0.15) is 18.4 Å². The summed E-state index contributed by atoms with van der Waals surface area (Å²) in [6.45, 7) is 3.64. The van der Waals surface area contributed by atoms with E-state index in [-0.39, 0.29) is 24.0 Å². The molecule has 1 aromatic rings. The van der Waals surface area contributed by atoms with Crippen molar-refractivity contribution in [3.63, 3.8) is 0 Å². The normalized spacial score (nSPS) is 11.8. The van der Waals surface area contributed by atoms with Crippen LogP contribution in [-0.2, 0) is 20.9 Å². The number of nitrogens with two attached hydrogens (primary N) is 1. The third-order valence-corrected chi connectivity index (χ3v) is 2.71. The molecular weight excluding hydrogens is 292 g/mol. The third-order valence-electron chi connectivity index (χ3n) is 2.71. The van der Waals surface area contributed by atoms with E-state index in [1.165, 1.54) is 19.2 Å². The zero-order chi connectivity index (χ0) is 16.7. The average molecular weight is 312 g/mol. The predicted molar refractivity (Wildman–Crippen MR) is 75.8 cm³/mol. The molecule has 0 saturated carbocycles. The summed E-state index contributed by atoms with van der Waals surface area (Å²) < 4.78 is 14.7. The summed E-state index contributed by atoms with van der Waals surface area (Å²) in [4.78, 5) is 34.1. The SMILES string of the molecule is COC(=O)c1ccc(COC(=O)[C@H](CC(C)C)NC(N)=O)o1. The Labute approximate surface area is 127 Å². The smallest absolute Gasteiger partial charge is 0.373 e. The van der Waals surface area contributed by atoms with Crippen LogP contribution >= 0.6 is 0 Å². The van der Waals surface area contributed by atoms with Crippen molar-refractivity contribution in [2.24, 2.45) is 11.7 Å². The van der Waals surface area contributed by atoms with Gasteiger partial charge in [-0.1, -0.05) is 13.8 Å². The number of carbonyl (C=O) groups is 3. The first-order valence-electron chi connectivity index (χ1n) is 6.73. The van der Waals surface area contributed by atoms with Gasteiger partial charge in [-0.3, -0.25) is 0 Å². The monoisotopic (exact) mass is 312 g/mol. The lowest BCUT2D eigenvalue weighted by Gasteiger charge is -2.17. The van der Waals surface area contributed by atoms with Crippen LogP contribution in [0.25, 0.3) is 0 Å². The van der Waals surface area contributed by atoms with Crippen LogP contribution in [-0.4, -0.2) is 31.1 Å². The summed E-state index contributed by atoms with van der Waals surface area (Å²) in [5.41, 5.74) is 5.04. The molecule has 2 amide bonds. The van der Waals surface area contributed by atoms with E-state index in [0.29, 0.717) is 6.42 Å². The minimum absolute atomic E-state index is 0.0162. The Morgan fingerprint density at radius 1 is 1.32 bits per heavy atom. The molecule has 0 bridgehead atoms. The van der Waals surface area contributed by atoms with Gasteiger partial charge < -0.3 is 24.9 Å². The van der Waals surface area contributed by atoms with Crippen molar-refractivity contribution >= 4 is 18.0 Å². The zero-order valence-corrected chi connectivity index (χ0v) is 12.8. The summed E-state index contributed by atoms with van der Waals surface area (Å²) in [6, 6.07) is 1.29. The van der Waals surface area contributed by atoms with Gasteiger partial charge in [-0.2, -0.15) is 0 Å². The number of methoxy groups -OCH3 is 1. The Bertz CT molecular complexity index is 537. The van der Waals surface area contributed by atoms with Gasteiger partial charge in [0.2, 0.25) is 5.76 Å². The highest BCUT2D eigenvalue weighted by atomic mass is 16.6. The Hall–Kier alpha value is -2.51. The molecule has 22 heavy (non-hydrogen) atoms. The summed E-state index contributed by atoms with van der Waals surface area (Å²) in [5, 5.41) is 2.34. The largest absolute Gasteiger partial charge is 0.463 e. The molecule has 0 fully saturated rings. The second kappa shape index (κ2) is 8.06.